The highest BCUT2D eigenvalue weighted by molar-refractivity contribution is 8.00. The smallest absolute Gasteiger partial charge is 0.233 e. The minimum Gasteiger partial charge on any atom is -0.352 e. The Hall–Kier alpha value is -1.93. The molecule has 2 aliphatic rings. The third-order valence-electron chi connectivity index (χ3n) is 7.28. The predicted octanol–water partition coefficient (Wildman–Crippen LogP) is 4.81. The Labute approximate surface area is 200 Å². The molecule has 1 amide bonds. The van der Waals surface area contributed by atoms with E-state index >= 15 is 0 Å². The van der Waals surface area contributed by atoms with E-state index in [2.05, 4.69) is 34.3 Å². The second kappa shape index (κ2) is 11.0. The molecular formula is C25H36FN5OS. The van der Waals surface area contributed by atoms with Crippen LogP contribution in [0.3, 0.4) is 0 Å². The number of likely N-dealkylation sites (tertiary alicyclic amines) is 1. The van der Waals surface area contributed by atoms with Crippen molar-refractivity contribution >= 4 is 17.7 Å². The van der Waals surface area contributed by atoms with Gasteiger partial charge in [0.05, 0.1) is 11.8 Å². The van der Waals surface area contributed by atoms with Gasteiger partial charge in [0.2, 0.25) is 5.91 Å². The van der Waals surface area contributed by atoms with Crippen molar-refractivity contribution < 1.29 is 9.18 Å². The van der Waals surface area contributed by atoms with Crippen molar-refractivity contribution in [2.24, 2.45) is 11.8 Å². The van der Waals surface area contributed by atoms with Gasteiger partial charge in [-0.2, -0.15) is 0 Å². The van der Waals surface area contributed by atoms with Crippen molar-refractivity contribution in [1.82, 2.24) is 25.0 Å². The number of carbonyl (C=O) groups excluding carboxylic acids is 1. The standard InChI is InChI=1S/C25H36FN5OS/c1-17-8-7-9-22(18(17)2)27-24(32)19(3)33-25-29-28-23(16-30-14-5-4-6-15-30)31(25)21-12-10-20(26)11-13-21/h10-13,17-19,22H,4-9,14-16H2,1-3H3,(H,27,32)/t17-,18+,19+,22-/m1/s1. The normalized spacial score (nSPS) is 25.0. The molecule has 1 saturated heterocycles. The molecule has 0 bridgehead atoms. The second-order valence-electron chi connectivity index (χ2n) is 9.69. The minimum atomic E-state index is -0.305. The summed E-state index contributed by atoms with van der Waals surface area (Å²) < 4.78 is 15.6. The van der Waals surface area contributed by atoms with Gasteiger partial charge in [-0.3, -0.25) is 14.3 Å². The molecule has 1 aliphatic heterocycles. The fraction of sp³-hybridized carbons (Fsp3) is 0.640. The van der Waals surface area contributed by atoms with Crippen molar-refractivity contribution in [3.63, 3.8) is 0 Å². The van der Waals surface area contributed by atoms with Gasteiger partial charge < -0.3 is 5.32 Å². The molecule has 0 unspecified atom stereocenters. The van der Waals surface area contributed by atoms with Crippen LogP contribution in [0.2, 0.25) is 0 Å². The molecule has 1 aromatic carbocycles. The molecule has 6 nitrogen and oxygen atoms in total. The monoisotopic (exact) mass is 473 g/mol. The zero-order valence-corrected chi connectivity index (χ0v) is 20.8. The highest BCUT2D eigenvalue weighted by Gasteiger charge is 2.30. The Bertz CT molecular complexity index is 927. The molecule has 2 heterocycles. The van der Waals surface area contributed by atoms with E-state index < -0.39 is 0 Å². The molecule has 33 heavy (non-hydrogen) atoms. The molecule has 8 heteroatoms. The van der Waals surface area contributed by atoms with Crippen LogP contribution in [0.5, 0.6) is 0 Å². The van der Waals surface area contributed by atoms with Crippen molar-refractivity contribution in [3.8, 4) is 5.69 Å². The summed E-state index contributed by atoms with van der Waals surface area (Å²) in [5.74, 6) is 1.71. The van der Waals surface area contributed by atoms with Gasteiger partial charge in [0.25, 0.3) is 0 Å². The fourth-order valence-electron chi connectivity index (χ4n) is 4.94. The number of amides is 1. The Kier molecular flexibility index (Phi) is 8.07. The van der Waals surface area contributed by atoms with Crippen LogP contribution in [0, 0.1) is 17.7 Å². The summed E-state index contributed by atoms with van der Waals surface area (Å²) in [6, 6.07) is 6.64. The zero-order chi connectivity index (χ0) is 23.4. The third kappa shape index (κ3) is 5.96. The number of piperidine rings is 1. The summed E-state index contributed by atoms with van der Waals surface area (Å²) >= 11 is 1.42. The lowest BCUT2D eigenvalue weighted by Gasteiger charge is -2.35. The number of thioether (sulfide) groups is 1. The zero-order valence-electron chi connectivity index (χ0n) is 20.0. The van der Waals surface area contributed by atoms with E-state index in [9.17, 15) is 9.18 Å². The number of hydrogen-bond donors (Lipinski definition) is 1. The molecule has 1 N–H and O–H groups in total. The van der Waals surface area contributed by atoms with Crippen LogP contribution < -0.4 is 5.32 Å². The van der Waals surface area contributed by atoms with E-state index in [1.807, 2.05) is 11.5 Å². The van der Waals surface area contributed by atoms with E-state index in [1.165, 1.54) is 49.6 Å². The molecule has 180 valence electrons. The minimum absolute atomic E-state index is 0.0391. The number of rotatable bonds is 7. The van der Waals surface area contributed by atoms with Gasteiger partial charge in [-0.05, 0) is 75.4 Å². The number of benzene rings is 1. The topological polar surface area (TPSA) is 63.1 Å². The van der Waals surface area contributed by atoms with E-state index in [4.69, 9.17) is 0 Å². The summed E-state index contributed by atoms with van der Waals surface area (Å²) in [5.41, 5.74) is 0.818. The summed E-state index contributed by atoms with van der Waals surface area (Å²) in [4.78, 5) is 15.4. The molecule has 0 spiro atoms. The van der Waals surface area contributed by atoms with Crippen LogP contribution in [0.15, 0.2) is 29.4 Å². The maximum Gasteiger partial charge on any atom is 0.233 e. The number of nitrogens with zero attached hydrogens (tertiary/aromatic N) is 4. The van der Waals surface area contributed by atoms with E-state index in [0.29, 0.717) is 23.5 Å². The van der Waals surface area contributed by atoms with E-state index in [-0.39, 0.29) is 23.0 Å². The second-order valence-corrected chi connectivity index (χ2v) is 11.0. The Morgan fingerprint density at radius 1 is 1.12 bits per heavy atom. The Morgan fingerprint density at radius 3 is 2.58 bits per heavy atom. The SMILES string of the molecule is C[C@H]1[C@H](C)CCC[C@H]1NC(=O)[C@H](C)Sc1nnc(CN2CCCCC2)n1-c1ccc(F)cc1. The first-order chi connectivity index (χ1) is 15.9. The fourth-order valence-corrected chi connectivity index (χ4v) is 5.84. The predicted molar refractivity (Wildman–Crippen MR) is 130 cm³/mol. The summed E-state index contributed by atoms with van der Waals surface area (Å²) in [7, 11) is 0. The molecule has 2 aromatic rings. The quantitative estimate of drug-likeness (QED) is 0.585. The number of hydrogen-bond acceptors (Lipinski definition) is 5. The molecule has 1 saturated carbocycles. The van der Waals surface area contributed by atoms with Gasteiger partial charge in [0.15, 0.2) is 11.0 Å². The van der Waals surface area contributed by atoms with Crippen LogP contribution in [-0.2, 0) is 11.3 Å². The molecule has 0 radical (unpaired) electrons. The van der Waals surface area contributed by atoms with Gasteiger partial charge in [-0.1, -0.05) is 44.9 Å². The average Bonchev–Trinajstić information content (AvgIpc) is 3.19. The lowest BCUT2D eigenvalue weighted by molar-refractivity contribution is -0.121. The first-order valence-corrected chi connectivity index (χ1v) is 13.2. The molecular weight excluding hydrogens is 437 g/mol. The molecule has 4 atom stereocenters. The van der Waals surface area contributed by atoms with Crippen LogP contribution in [0.25, 0.3) is 5.69 Å². The average molecular weight is 474 g/mol. The molecule has 1 aliphatic carbocycles. The van der Waals surface area contributed by atoms with Crippen molar-refractivity contribution in [2.45, 2.75) is 82.3 Å². The van der Waals surface area contributed by atoms with E-state index in [0.717, 1.165) is 37.4 Å². The highest BCUT2D eigenvalue weighted by Crippen LogP contribution is 2.31. The van der Waals surface area contributed by atoms with Crippen molar-refractivity contribution in [2.75, 3.05) is 13.1 Å². The number of carbonyl (C=O) groups is 1. The summed E-state index contributed by atoms with van der Waals surface area (Å²) in [5, 5.41) is 12.6. The number of aromatic nitrogens is 3. The summed E-state index contributed by atoms with van der Waals surface area (Å²) in [6.45, 7) is 9.24. The van der Waals surface area contributed by atoms with Gasteiger partial charge >= 0.3 is 0 Å². The lowest BCUT2D eigenvalue weighted by Crippen LogP contribution is -2.46. The number of nitrogens with one attached hydrogen (secondary N) is 1. The first kappa shape index (κ1) is 24.2. The van der Waals surface area contributed by atoms with Crippen LogP contribution in [0.1, 0.15) is 65.1 Å². The van der Waals surface area contributed by atoms with Crippen LogP contribution in [0.4, 0.5) is 4.39 Å². The third-order valence-corrected chi connectivity index (χ3v) is 8.33. The molecule has 4 rings (SSSR count). The molecule has 1 aromatic heterocycles. The van der Waals surface area contributed by atoms with Gasteiger partial charge in [-0.25, -0.2) is 4.39 Å². The van der Waals surface area contributed by atoms with E-state index in [1.54, 1.807) is 12.1 Å². The van der Waals surface area contributed by atoms with Crippen LogP contribution >= 0.6 is 11.8 Å². The largest absolute Gasteiger partial charge is 0.352 e. The number of halogens is 1. The van der Waals surface area contributed by atoms with Gasteiger partial charge in [0.1, 0.15) is 5.82 Å². The Balaban J connectivity index is 1.51. The van der Waals surface area contributed by atoms with Gasteiger partial charge in [0, 0.05) is 11.7 Å². The molecule has 2 fully saturated rings. The van der Waals surface area contributed by atoms with Crippen molar-refractivity contribution in [1.29, 1.82) is 0 Å². The highest BCUT2D eigenvalue weighted by atomic mass is 32.2. The maximum atomic E-state index is 13.6. The van der Waals surface area contributed by atoms with Crippen LogP contribution in [-0.4, -0.2) is 50.0 Å². The first-order valence-electron chi connectivity index (χ1n) is 12.3. The Morgan fingerprint density at radius 2 is 1.85 bits per heavy atom. The van der Waals surface area contributed by atoms with Crippen molar-refractivity contribution in [3.05, 3.63) is 35.9 Å². The maximum absolute atomic E-state index is 13.6. The van der Waals surface area contributed by atoms with Gasteiger partial charge in [-0.15, -0.1) is 10.2 Å². The lowest BCUT2D eigenvalue weighted by atomic mass is 9.78. The summed E-state index contributed by atoms with van der Waals surface area (Å²) in [6.07, 6.45) is 7.10.